The SMILES string of the molecule is Cc1cnc(N(C)CC2CC3CCC2C3)c(N)c1. The van der Waals surface area contributed by atoms with Gasteiger partial charge in [-0.1, -0.05) is 6.42 Å². The molecule has 0 aliphatic heterocycles. The van der Waals surface area contributed by atoms with E-state index in [1.54, 1.807) is 0 Å². The number of pyridine rings is 1. The molecular weight excluding hydrogens is 222 g/mol. The fourth-order valence-corrected chi connectivity index (χ4v) is 3.94. The summed E-state index contributed by atoms with van der Waals surface area (Å²) in [5.74, 6) is 3.78. The van der Waals surface area contributed by atoms with Crippen molar-refractivity contribution in [3.05, 3.63) is 17.8 Å². The number of hydrogen-bond donors (Lipinski definition) is 1. The van der Waals surface area contributed by atoms with Crippen molar-refractivity contribution in [2.24, 2.45) is 17.8 Å². The quantitative estimate of drug-likeness (QED) is 0.890. The van der Waals surface area contributed by atoms with E-state index in [9.17, 15) is 0 Å². The first-order chi connectivity index (χ1) is 8.63. The third kappa shape index (κ3) is 2.06. The summed E-state index contributed by atoms with van der Waals surface area (Å²) in [5, 5.41) is 0. The van der Waals surface area contributed by atoms with Gasteiger partial charge in [-0.05, 0) is 55.6 Å². The standard InChI is InChI=1S/C15H23N3/c1-10-5-14(16)15(17-8-10)18(2)9-13-7-11-3-4-12(13)6-11/h5,8,11-13H,3-4,6-7,9,16H2,1-2H3. The molecule has 1 aromatic heterocycles. The summed E-state index contributed by atoms with van der Waals surface area (Å²) in [6.07, 6.45) is 7.70. The number of nitrogens with two attached hydrogens (primary N) is 1. The Labute approximate surface area is 109 Å². The van der Waals surface area contributed by atoms with Gasteiger partial charge in [0, 0.05) is 19.8 Å². The number of nitrogens with zero attached hydrogens (tertiary/aromatic N) is 2. The molecule has 0 saturated heterocycles. The second-order valence-corrected chi connectivity index (χ2v) is 6.24. The number of rotatable bonds is 3. The van der Waals surface area contributed by atoms with Crippen LogP contribution in [0.4, 0.5) is 11.5 Å². The first kappa shape index (κ1) is 11.8. The van der Waals surface area contributed by atoms with E-state index in [-0.39, 0.29) is 0 Å². The molecule has 3 rings (SSSR count). The third-order valence-corrected chi connectivity index (χ3v) is 4.79. The zero-order valence-electron chi connectivity index (χ0n) is 11.4. The first-order valence-corrected chi connectivity index (χ1v) is 7.06. The van der Waals surface area contributed by atoms with Gasteiger partial charge in [-0.25, -0.2) is 4.98 Å². The molecule has 0 amide bonds. The average molecular weight is 245 g/mol. The molecule has 3 atom stereocenters. The minimum absolute atomic E-state index is 0.806. The Hall–Kier alpha value is -1.25. The third-order valence-electron chi connectivity index (χ3n) is 4.79. The van der Waals surface area contributed by atoms with Crippen LogP contribution >= 0.6 is 0 Å². The highest BCUT2D eigenvalue weighted by Gasteiger charge is 2.39. The van der Waals surface area contributed by atoms with E-state index in [0.29, 0.717) is 0 Å². The van der Waals surface area contributed by atoms with Crippen LogP contribution in [0.25, 0.3) is 0 Å². The summed E-state index contributed by atoms with van der Waals surface area (Å²) in [6.45, 7) is 3.14. The van der Waals surface area contributed by atoms with Crippen LogP contribution in [0.3, 0.4) is 0 Å². The van der Waals surface area contributed by atoms with Gasteiger partial charge in [-0.15, -0.1) is 0 Å². The monoisotopic (exact) mass is 245 g/mol. The topological polar surface area (TPSA) is 42.2 Å². The van der Waals surface area contributed by atoms with Gasteiger partial charge in [0.05, 0.1) is 5.69 Å². The summed E-state index contributed by atoms with van der Waals surface area (Å²) in [4.78, 5) is 6.73. The van der Waals surface area contributed by atoms with Gasteiger partial charge in [0.25, 0.3) is 0 Å². The molecule has 2 aliphatic carbocycles. The maximum Gasteiger partial charge on any atom is 0.151 e. The van der Waals surface area contributed by atoms with Crippen molar-refractivity contribution >= 4 is 11.5 Å². The molecule has 1 aromatic rings. The number of fused-ring (bicyclic) bond motifs is 2. The van der Waals surface area contributed by atoms with Crippen molar-refractivity contribution in [1.82, 2.24) is 4.98 Å². The fraction of sp³-hybridized carbons (Fsp3) is 0.667. The van der Waals surface area contributed by atoms with E-state index in [0.717, 1.165) is 41.4 Å². The van der Waals surface area contributed by atoms with Crippen molar-refractivity contribution < 1.29 is 0 Å². The van der Waals surface area contributed by atoms with E-state index >= 15 is 0 Å². The van der Waals surface area contributed by atoms with Crippen LogP contribution in [-0.4, -0.2) is 18.6 Å². The van der Waals surface area contributed by atoms with Crippen LogP contribution in [0.5, 0.6) is 0 Å². The van der Waals surface area contributed by atoms with Gasteiger partial charge < -0.3 is 10.6 Å². The number of nitrogen functional groups attached to an aromatic ring is 1. The Morgan fingerprint density at radius 3 is 2.83 bits per heavy atom. The minimum atomic E-state index is 0.806. The number of aryl methyl sites for hydroxylation is 1. The molecule has 2 bridgehead atoms. The minimum Gasteiger partial charge on any atom is -0.396 e. The maximum atomic E-state index is 6.07. The van der Waals surface area contributed by atoms with Crippen LogP contribution in [0.2, 0.25) is 0 Å². The highest BCUT2D eigenvalue weighted by molar-refractivity contribution is 5.62. The summed E-state index contributed by atoms with van der Waals surface area (Å²) in [6, 6.07) is 2.01. The van der Waals surface area contributed by atoms with Crippen LogP contribution in [0, 0.1) is 24.7 Å². The fourth-order valence-electron chi connectivity index (χ4n) is 3.94. The van der Waals surface area contributed by atoms with Gasteiger partial charge in [0.2, 0.25) is 0 Å². The van der Waals surface area contributed by atoms with E-state index < -0.39 is 0 Å². The van der Waals surface area contributed by atoms with Gasteiger partial charge in [-0.2, -0.15) is 0 Å². The van der Waals surface area contributed by atoms with Gasteiger partial charge in [-0.3, -0.25) is 0 Å². The molecule has 3 heteroatoms. The lowest BCUT2D eigenvalue weighted by atomic mass is 9.88. The van der Waals surface area contributed by atoms with Crippen LogP contribution in [0.15, 0.2) is 12.3 Å². The Balaban J connectivity index is 1.69. The molecule has 0 radical (unpaired) electrons. The lowest BCUT2D eigenvalue weighted by Crippen LogP contribution is -2.29. The molecule has 2 fully saturated rings. The van der Waals surface area contributed by atoms with Gasteiger partial charge >= 0.3 is 0 Å². The number of anilines is 2. The molecule has 3 nitrogen and oxygen atoms in total. The first-order valence-electron chi connectivity index (χ1n) is 7.06. The molecule has 18 heavy (non-hydrogen) atoms. The van der Waals surface area contributed by atoms with E-state index in [4.69, 9.17) is 5.73 Å². The molecule has 3 unspecified atom stereocenters. The Morgan fingerprint density at radius 1 is 1.39 bits per heavy atom. The van der Waals surface area contributed by atoms with Gasteiger partial charge in [0.1, 0.15) is 0 Å². The predicted molar refractivity (Wildman–Crippen MR) is 75.6 cm³/mol. The summed E-state index contributed by atoms with van der Waals surface area (Å²) in [7, 11) is 2.13. The molecule has 0 spiro atoms. The average Bonchev–Trinajstić information content (AvgIpc) is 2.90. The van der Waals surface area contributed by atoms with Crippen molar-refractivity contribution in [3.63, 3.8) is 0 Å². The Bertz CT molecular complexity index is 443. The largest absolute Gasteiger partial charge is 0.396 e. The van der Waals surface area contributed by atoms with Crippen molar-refractivity contribution in [2.45, 2.75) is 32.6 Å². The van der Waals surface area contributed by atoms with E-state index in [2.05, 4.69) is 16.9 Å². The Kier molecular flexibility index (Phi) is 2.92. The molecule has 2 aliphatic rings. The lowest BCUT2D eigenvalue weighted by molar-refractivity contribution is 0.337. The second-order valence-electron chi connectivity index (χ2n) is 6.24. The lowest BCUT2D eigenvalue weighted by Gasteiger charge is -2.28. The van der Waals surface area contributed by atoms with Crippen LogP contribution < -0.4 is 10.6 Å². The van der Waals surface area contributed by atoms with Crippen molar-refractivity contribution in [1.29, 1.82) is 0 Å². The molecule has 1 heterocycles. The molecule has 98 valence electrons. The zero-order chi connectivity index (χ0) is 12.7. The predicted octanol–water partition coefficient (Wildman–Crippen LogP) is 2.84. The number of aromatic nitrogens is 1. The van der Waals surface area contributed by atoms with Gasteiger partial charge in [0.15, 0.2) is 5.82 Å². The summed E-state index contributed by atoms with van der Waals surface area (Å²) in [5.41, 5.74) is 8.00. The maximum absolute atomic E-state index is 6.07. The van der Waals surface area contributed by atoms with E-state index in [1.807, 2.05) is 19.2 Å². The molecule has 2 saturated carbocycles. The van der Waals surface area contributed by atoms with Crippen LogP contribution in [-0.2, 0) is 0 Å². The summed E-state index contributed by atoms with van der Waals surface area (Å²) >= 11 is 0. The number of hydrogen-bond acceptors (Lipinski definition) is 3. The van der Waals surface area contributed by atoms with Crippen molar-refractivity contribution in [3.8, 4) is 0 Å². The second kappa shape index (κ2) is 4.45. The van der Waals surface area contributed by atoms with Crippen LogP contribution in [0.1, 0.15) is 31.2 Å². The highest BCUT2D eigenvalue weighted by Crippen LogP contribution is 2.48. The zero-order valence-corrected chi connectivity index (χ0v) is 11.4. The normalized spacial score (nSPS) is 29.8. The highest BCUT2D eigenvalue weighted by atomic mass is 15.2. The molecule has 0 aromatic carbocycles. The van der Waals surface area contributed by atoms with E-state index in [1.165, 1.54) is 25.7 Å². The van der Waals surface area contributed by atoms with Crippen molar-refractivity contribution in [2.75, 3.05) is 24.2 Å². The Morgan fingerprint density at radius 2 is 2.22 bits per heavy atom. The molecule has 2 N–H and O–H groups in total. The molecular formula is C15H23N3. The summed E-state index contributed by atoms with van der Waals surface area (Å²) < 4.78 is 0. The smallest absolute Gasteiger partial charge is 0.151 e.